The quantitative estimate of drug-likeness (QED) is 0.121. The molecule has 9 unspecified atom stereocenters. The van der Waals surface area contributed by atoms with Gasteiger partial charge in [0, 0.05) is 55.1 Å². The summed E-state index contributed by atoms with van der Waals surface area (Å²) in [6.07, 6.45) is 14.9. The molecule has 12 nitrogen and oxygen atoms in total. The first-order chi connectivity index (χ1) is 28.0. The van der Waals surface area contributed by atoms with E-state index in [0.717, 1.165) is 38.5 Å². The zero-order chi connectivity index (χ0) is 43.7. The smallest absolute Gasteiger partial charge is 0.330 e. The number of aliphatic hydroxyl groups is 4. The second-order valence-corrected chi connectivity index (χ2v) is 17.7. The van der Waals surface area contributed by atoms with Gasteiger partial charge in [0.05, 0.1) is 36.6 Å². The van der Waals surface area contributed by atoms with E-state index in [0.29, 0.717) is 31.6 Å². The zero-order valence-corrected chi connectivity index (χ0v) is 36.7. The maximum absolute atomic E-state index is 13.5. The lowest BCUT2D eigenvalue weighted by atomic mass is 9.80. The molecule has 0 amide bonds. The molecule has 0 aromatic rings. The highest BCUT2D eigenvalue weighted by atomic mass is 16.7. The highest BCUT2D eigenvalue weighted by Crippen LogP contribution is 2.45. The molecule has 2 bridgehead atoms. The molecule has 3 heterocycles. The number of aliphatic hydroxyl groups excluding tert-OH is 4. The molecule has 0 radical (unpaired) electrons. The van der Waals surface area contributed by atoms with Gasteiger partial charge in [0.25, 0.3) is 0 Å². The SMILES string of the molecule is CCC[C@@H]1O[C@@]2(CC[C@@H]1C)C[C@@H]1OC(=O)/C=C/C(CC)C(O)C(C)C(O)CC(O)CC(O)C(C)C(OC(=O)/C=C/CCC(=O)O)CC/C=C/C=C/C(C)CC[C@H](O2)[C@H]1C. The van der Waals surface area contributed by atoms with E-state index in [-0.39, 0.29) is 49.7 Å². The van der Waals surface area contributed by atoms with Crippen molar-refractivity contribution < 1.29 is 58.9 Å². The summed E-state index contributed by atoms with van der Waals surface area (Å²) < 4.78 is 25.6. The number of carbonyl (C=O) groups excluding carboxylic acids is 2. The number of hydrogen-bond donors (Lipinski definition) is 5. The van der Waals surface area contributed by atoms with E-state index in [9.17, 15) is 34.8 Å². The summed E-state index contributed by atoms with van der Waals surface area (Å²) >= 11 is 0. The van der Waals surface area contributed by atoms with Crippen molar-refractivity contribution in [3.8, 4) is 0 Å². The van der Waals surface area contributed by atoms with E-state index in [1.54, 1.807) is 19.9 Å². The fraction of sp³-hybridized carbons (Fsp3) is 0.766. The molecule has 2 saturated heterocycles. The van der Waals surface area contributed by atoms with E-state index in [2.05, 4.69) is 33.8 Å². The fourth-order valence-corrected chi connectivity index (χ4v) is 8.63. The van der Waals surface area contributed by atoms with Gasteiger partial charge in [-0.1, -0.05) is 91.3 Å². The molecule has 5 N–H and O–H groups in total. The van der Waals surface area contributed by atoms with Gasteiger partial charge in [-0.2, -0.15) is 0 Å². The number of carboxylic acids is 1. The van der Waals surface area contributed by atoms with Crippen molar-refractivity contribution in [2.24, 2.45) is 35.5 Å². The standard InChI is InChI=1S/C47H76O12/c1-8-16-39-31(4)25-26-47(58-39)29-42-34(7)41(59-47)23-21-30(3)17-12-10-11-13-18-40(56-44(53)20-15-14-19-43(51)52)32(5)37(49)27-36(48)28-38(50)33(6)46(55)35(9-2)22-24-45(54)57-42/h10-12,15,17,20,22,24,30-42,46,48-50,55H,8-9,13-14,16,18-19,21,23,25-29H2,1-7H3,(H,51,52)/b11-10+,17-12+,20-15+,24-22+/t30?,31-,32?,33?,34+,35?,36?,37?,38?,39-,40?,41-,42-,46?,47+/m0/s1. The summed E-state index contributed by atoms with van der Waals surface area (Å²) in [6, 6.07) is 0. The van der Waals surface area contributed by atoms with Crippen molar-refractivity contribution in [2.75, 3.05) is 0 Å². The Balaban J connectivity index is 1.87. The molecule has 12 heteroatoms. The maximum atomic E-state index is 13.5. The number of hydrogen-bond acceptors (Lipinski definition) is 11. The minimum Gasteiger partial charge on any atom is -0.481 e. The van der Waals surface area contributed by atoms with Crippen LogP contribution in [0.1, 0.15) is 138 Å². The monoisotopic (exact) mass is 833 g/mol. The summed E-state index contributed by atoms with van der Waals surface area (Å²) in [7, 11) is 0. The molecule has 3 aliphatic heterocycles. The van der Waals surface area contributed by atoms with Gasteiger partial charge in [0.1, 0.15) is 12.2 Å². The molecule has 1 spiro atoms. The Morgan fingerprint density at radius 1 is 0.881 bits per heavy atom. The summed E-state index contributed by atoms with van der Waals surface area (Å²) in [5, 5.41) is 53.5. The van der Waals surface area contributed by atoms with Crippen molar-refractivity contribution in [1.29, 1.82) is 0 Å². The van der Waals surface area contributed by atoms with Crippen LogP contribution >= 0.6 is 0 Å². The Morgan fingerprint density at radius 3 is 2.27 bits per heavy atom. The first-order valence-corrected chi connectivity index (χ1v) is 22.4. The van der Waals surface area contributed by atoms with Gasteiger partial charge >= 0.3 is 17.9 Å². The minimum atomic E-state index is -1.12. The number of esters is 2. The molecule has 3 rings (SSSR count). The molecule has 59 heavy (non-hydrogen) atoms. The molecule has 0 saturated carbocycles. The molecule has 336 valence electrons. The molecule has 2 fully saturated rings. The van der Waals surface area contributed by atoms with Crippen LogP contribution in [0.3, 0.4) is 0 Å². The van der Waals surface area contributed by atoms with Gasteiger partial charge < -0.3 is 44.5 Å². The van der Waals surface area contributed by atoms with Gasteiger partial charge in [-0.3, -0.25) is 4.79 Å². The summed E-state index contributed by atoms with van der Waals surface area (Å²) in [4.78, 5) is 37.1. The van der Waals surface area contributed by atoms with Crippen LogP contribution in [-0.4, -0.2) is 98.1 Å². The van der Waals surface area contributed by atoms with Gasteiger partial charge in [0.15, 0.2) is 5.79 Å². The summed E-state index contributed by atoms with van der Waals surface area (Å²) in [6.45, 7) is 13.9. The molecule has 0 aromatic heterocycles. The second-order valence-electron chi connectivity index (χ2n) is 17.7. The number of aliphatic carboxylic acids is 1. The first-order valence-electron chi connectivity index (χ1n) is 22.4. The average molecular weight is 833 g/mol. The molecular formula is C47H76O12. The van der Waals surface area contributed by atoms with Crippen molar-refractivity contribution in [3.05, 3.63) is 48.6 Å². The van der Waals surface area contributed by atoms with Crippen molar-refractivity contribution in [2.45, 2.75) is 193 Å². The number of fused-ring (bicyclic) bond motifs is 2. The van der Waals surface area contributed by atoms with Crippen LogP contribution in [0, 0.1) is 35.5 Å². The molecule has 0 aliphatic carbocycles. The minimum absolute atomic E-state index is 0.0647. The number of carbonyl (C=O) groups is 3. The van der Waals surface area contributed by atoms with Crippen LogP contribution in [0.15, 0.2) is 48.6 Å². The van der Waals surface area contributed by atoms with Crippen LogP contribution in [0.25, 0.3) is 0 Å². The maximum Gasteiger partial charge on any atom is 0.330 e. The van der Waals surface area contributed by atoms with E-state index in [1.165, 1.54) is 18.2 Å². The van der Waals surface area contributed by atoms with Crippen molar-refractivity contribution in [1.82, 2.24) is 0 Å². The van der Waals surface area contributed by atoms with Crippen LogP contribution in [0.4, 0.5) is 0 Å². The average Bonchev–Trinajstić information content (AvgIpc) is 3.18. The largest absolute Gasteiger partial charge is 0.481 e. The Morgan fingerprint density at radius 2 is 1.59 bits per heavy atom. The van der Waals surface area contributed by atoms with E-state index in [4.69, 9.17) is 24.1 Å². The lowest BCUT2D eigenvalue weighted by Gasteiger charge is -2.51. The highest BCUT2D eigenvalue weighted by molar-refractivity contribution is 5.82. The molecule has 15 atom stereocenters. The fourth-order valence-electron chi connectivity index (χ4n) is 8.63. The van der Waals surface area contributed by atoms with Gasteiger partial charge in [-0.05, 0) is 76.0 Å². The Kier molecular flexibility index (Phi) is 21.5. The normalized spacial score (nSPS) is 40.5. The lowest BCUT2D eigenvalue weighted by molar-refractivity contribution is -0.346. The van der Waals surface area contributed by atoms with Gasteiger partial charge in [0.2, 0.25) is 0 Å². The third-order valence-electron chi connectivity index (χ3n) is 12.9. The Bertz CT molecular complexity index is 1410. The molecular weight excluding hydrogens is 757 g/mol. The predicted octanol–water partition coefficient (Wildman–Crippen LogP) is 7.37. The number of allylic oxidation sites excluding steroid dienone is 5. The predicted molar refractivity (Wildman–Crippen MR) is 226 cm³/mol. The van der Waals surface area contributed by atoms with Crippen LogP contribution < -0.4 is 0 Å². The Labute approximate surface area is 353 Å². The van der Waals surface area contributed by atoms with Crippen LogP contribution in [0.5, 0.6) is 0 Å². The highest BCUT2D eigenvalue weighted by Gasteiger charge is 2.51. The van der Waals surface area contributed by atoms with E-state index >= 15 is 0 Å². The van der Waals surface area contributed by atoms with E-state index in [1.807, 2.05) is 25.2 Å². The summed E-state index contributed by atoms with van der Waals surface area (Å²) in [5.41, 5.74) is 0. The summed E-state index contributed by atoms with van der Waals surface area (Å²) in [5.74, 6) is -4.16. The van der Waals surface area contributed by atoms with Crippen molar-refractivity contribution in [3.63, 3.8) is 0 Å². The molecule has 3 aliphatic rings. The van der Waals surface area contributed by atoms with E-state index < -0.39 is 78.1 Å². The first kappa shape index (κ1) is 50.5. The second kappa shape index (κ2) is 25.2. The Hall–Kier alpha value is -2.87. The van der Waals surface area contributed by atoms with Gasteiger partial charge in [-0.15, -0.1) is 0 Å². The van der Waals surface area contributed by atoms with Crippen LogP contribution in [0.2, 0.25) is 0 Å². The third kappa shape index (κ3) is 16.5. The van der Waals surface area contributed by atoms with Gasteiger partial charge in [-0.25, -0.2) is 9.59 Å². The topological polar surface area (TPSA) is 189 Å². The zero-order valence-electron chi connectivity index (χ0n) is 36.7. The van der Waals surface area contributed by atoms with Crippen molar-refractivity contribution >= 4 is 17.9 Å². The van der Waals surface area contributed by atoms with Crippen LogP contribution in [-0.2, 0) is 33.3 Å². The lowest BCUT2D eigenvalue weighted by Crippen LogP contribution is -2.57. The number of ether oxygens (including phenoxy) is 4. The third-order valence-corrected chi connectivity index (χ3v) is 12.9. The number of carboxylic acid groups (broad SMARTS) is 1. The molecule has 0 aromatic carbocycles. The number of rotatable bonds is 8.